The van der Waals surface area contributed by atoms with Crippen LogP contribution in [-0.2, 0) is 5.60 Å². The van der Waals surface area contributed by atoms with Crippen molar-refractivity contribution in [2.24, 2.45) is 5.92 Å². The van der Waals surface area contributed by atoms with Gasteiger partial charge >= 0.3 is 0 Å². The second-order valence-electron chi connectivity index (χ2n) is 8.20. The van der Waals surface area contributed by atoms with Crippen LogP contribution in [0.15, 0.2) is 22.7 Å². The number of nitrogens with one attached hydrogen (secondary N) is 1. The number of piperidine rings is 1. The molecule has 2 aliphatic rings. The number of ether oxygens (including phenoxy) is 1. The Kier molecular flexibility index (Phi) is 6.09. The van der Waals surface area contributed by atoms with Crippen LogP contribution >= 0.6 is 15.9 Å². The lowest BCUT2D eigenvalue weighted by atomic mass is 9.86. The van der Waals surface area contributed by atoms with Crippen LogP contribution in [0.5, 0.6) is 5.75 Å². The van der Waals surface area contributed by atoms with Crippen molar-refractivity contribution < 1.29 is 9.84 Å². The summed E-state index contributed by atoms with van der Waals surface area (Å²) in [6.45, 7) is 7.14. The Hall–Kier alpha value is -0.620. The molecule has 0 spiro atoms. The fourth-order valence-corrected chi connectivity index (χ4v) is 4.24. The third kappa shape index (κ3) is 4.97. The highest BCUT2D eigenvalue weighted by Gasteiger charge is 2.35. The molecule has 2 N–H and O–H groups in total. The summed E-state index contributed by atoms with van der Waals surface area (Å²) in [5, 5.41) is 13.5. The summed E-state index contributed by atoms with van der Waals surface area (Å²) in [5.41, 5.74) is 0.0554. The Morgan fingerprint density at radius 3 is 2.56 bits per heavy atom. The van der Waals surface area contributed by atoms with Gasteiger partial charge < -0.3 is 20.1 Å². The van der Waals surface area contributed by atoms with Gasteiger partial charge in [-0.05, 0) is 86.4 Å². The van der Waals surface area contributed by atoms with Crippen LogP contribution in [0.4, 0.5) is 0 Å². The second-order valence-corrected chi connectivity index (χ2v) is 9.06. The lowest BCUT2D eigenvalue weighted by molar-refractivity contribution is 0.0204. The molecular weight excluding hydrogens is 380 g/mol. The molecule has 25 heavy (non-hydrogen) atoms. The zero-order chi connectivity index (χ0) is 18.0. The topological polar surface area (TPSA) is 44.7 Å². The molecule has 1 aliphatic heterocycles. The monoisotopic (exact) mass is 410 g/mol. The number of nitrogens with zero attached hydrogens (tertiary/aromatic N) is 1. The maximum absolute atomic E-state index is 10.1. The molecule has 3 rings (SSSR count). The van der Waals surface area contributed by atoms with E-state index < -0.39 is 5.60 Å². The number of hydrogen-bond acceptors (Lipinski definition) is 4. The van der Waals surface area contributed by atoms with Crippen molar-refractivity contribution in [3.63, 3.8) is 0 Å². The van der Waals surface area contributed by atoms with E-state index in [9.17, 15) is 5.11 Å². The van der Waals surface area contributed by atoms with Crippen LogP contribution in [0, 0.1) is 5.92 Å². The quantitative estimate of drug-likeness (QED) is 0.752. The largest absolute Gasteiger partial charge is 0.489 e. The summed E-state index contributed by atoms with van der Waals surface area (Å²) in [7, 11) is 2.26. The molecule has 1 aromatic rings. The first-order valence-electron chi connectivity index (χ1n) is 9.43. The lowest BCUT2D eigenvalue weighted by Gasteiger charge is -2.42. The minimum atomic E-state index is -0.833. The molecule has 1 saturated carbocycles. The van der Waals surface area contributed by atoms with Crippen LogP contribution in [0.2, 0.25) is 0 Å². The number of halogens is 1. The lowest BCUT2D eigenvalue weighted by Crippen LogP contribution is -2.49. The molecule has 0 unspecified atom stereocenters. The van der Waals surface area contributed by atoms with Crippen molar-refractivity contribution in [3.8, 4) is 5.75 Å². The smallest absolute Gasteiger partial charge is 0.133 e. The minimum absolute atomic E-state index is 0.296. The normalized spacial score (nSPS) is 25.0. The molecular formula is C20H31BrN2O2. The van der Waals surface area contributed by atoms with Gasteiger partial charge in [0.25, 0.3) is 0 Å². The zero-order valence-corrected chi connectivity index (χ0v) is 17.2. The number of aliphatic hydroxyl groups is 1. The van der Waals surface area contributed by atoms with E-state index in [-0.39, 0.29) is 0 Å². The predicted octanol–water partition coefficient (Wildman–Crippen LogP) is 3.52. The number of benzene rings is 1. The van der Waals surface area contributed by atoms with Crippen LogP contribution in [0.3, 0.4) is 0 Å². The van der Waals surface area contributed by atoms with Crippen LogP contribution in [0.25, 0.3) is 0 Å². The Morgan fingerprint density at radius 1 is 1.28 bits per heavy atom. The number of hydrogen-bond donors (Lipinski definition) is 2. The maximum atomic E-state index is 10.1. The molecule has 0 atom stereocenters. The Balaban J connectivity index is 1.47. The molecule has 0 radical (unpaired) electrons. The summed E-state index contributed by atoms with van der Waals surface area (Å²) in [6.07, 6.45) is 5.10. The van der Waals surface area contributed by atoms with Crippen molar-refractivity contribution >= 4 is 15.9 Å². The van der Waals surface area contributed by atoms with Crippen LogP contribution in [-0.4, -0.2) is 48.8 Å². The van der Waals surface area contributed by atoms with Crippen molar-refractivity contribution in [1.82, 2.24) is 10.2 Å². The third-order valence-corrected chi connectivity index (χ3v) is 6.25. The van der Waals surface area contributed by atoms with E-state index in [4.69, 9.17) is 4.74 Å². The summed E-state index contributed by atoms with van der Waals surface area (Å²) in [5.74, 6) is 1.72. The van der Waals surface area contributed by atoms with Crippen molar-refractivity contribution in [3.05, 3.63) is 28.2 Å². The van der Waals surface area contributed by atoms with Gasteiger partial charge in [-0.25, -0.2) is 0 Å². The average Bonchev–Trinajstić information content (AvgIpc) is 2.51. The molecule has 4 nitrogen and oxygen atoms in total. The molecule has 1 aromatic carbocycles. The van der Waals surface area contributed by atoms with Gasteiger partial charge in [-0.15, -0.1) is 0 Å². The van der Waals surface area contributed by atoms with E-state index in [1.165, 1.54) is 32.5 Å². The van der Waals surface area contributed by atoms with Crippen molar-refractivity contribution in [2.75, 3.05) is 26.7 Å². The fourth-order valence-electron chi connectivity index (χ4n) is 3.77. The molecule has 0 aromatic heterocycles. The minimum Gasteiger partial charge on any atom is -0.489 e. The molecule has 5 heteroatoms. The van der Waals surface area contributed by atoms with Crippen molar-refractivity contribution in [1.29, 1.82) is 0 Å². The molecule has 2 fully saturated rings. The summed E-state index contributed by atoms with van der Waals surface area (Å²) in [6, 6.07) is 6.51. The predicted molar refractivity (Wildman–Crippen MR) is 105 cm³/mol. The fraction of sp³-hybridized carbons (Fsp3) is 0.700. The van der Waals surface area contributed by atoms with E-state index >= 15 is 0 Å². The summed E-state index contributed by atoms with van der Waals surface area (Å²) in [4.78, 5) is 2.53. The summed E-state index contributed by atoms with van der Waals surface area (Å²) >= 11 is 3.58. The van der Waals surface area contributed by atoms with E-state index in [1.54, 1.807) is 13.8 Å². The van der Waals surface area contributed by atoms with Gasteiger partial charge in [0.1, 0.15) is 11.9 Å². The van der Waals surface area contributed by atoms with Crippen LogP contribution in [0.1, 0.15) is 45.1 Å². The van der Waals surface area contributed by atoms with Gasteiger partial charge in [-0.1, -0.05) is 6.07 Å². The maximum Gasteiger partial charge on any atom is 0.133 e. The van der Waals surface area contributed by atoms with Crippen LogP contribution < -0.4 is 10.1 Å². The molecule has 1 heterocycles. The number of rotatable bonds is 6. The van der Waals surface area contributed by atoms with Gasteiger partial charge in [0.2, 0.25) is 0 Å². The molecule has 0 amide bonds. The first-order chi connectivity index (χ1) is 11.8. The second kappa shape index (κ2) is 7.95. The van der Waals surface area contributed by atoms with Gasteiger partial charge in [-0.2, -0.15) is 0 Å². The SMILES string of the molecule is CN(CC1CCNCC1)[C@H]1C[C@H](Oc2ccc(C(C)(C)O)cc2Br)C1. The molecule has 0 bridgehead atoms. The van der Waals surface area contributed by atoms with E-state index in [0.717, 1.165) is 34.5 Å². The standard InChI is InChI=1S/C20H31BrN2O2/c1-20(2,24)15-4-5-19(18(21)10-15)25-17-11-16(12-17)23(3)13-14-6-8-22-9-7-14/h4-5,10,14,16-17,22,24H,6-9,11-13H2,1-3H3/t16-,17-. The highest BCUT2D eigenvalue weighted by molar-refractivity contribution is 9.10. The third-order valence-electron chi connectivity index (χ3n) is 5.63. The Morgan fingerprint density at radius 2 is 1.96 bits per heavy atom. The van der Waals surface area contributed by atoms with Gasteiger partial charge in [0.05, 0.1) is 10.1 Å². The molecule has 1 saturated heterocycles. The highest BCUT2D eigenvalue weighted by Crippen LogP contribution is 2.35. The zero-order valence-electron chi connectivity index (χ0n) is 15.6. The van der Waals surface area contributed by atoms with Gasteiger partial charge in [-0.3, -0.25) is 0 Å². The highest BCUT2D eigenvalue weighted by atomic mass is 79.9. The van der Waals surface area contributed by atoms with E-state index in [1.807, 2.05) is 18.2 Å². The van der Waals surface area contributed by atoms with Gasteiger partial charge in [0.15, 0.2) is 0 Å². The van der Waals surface area contributed by atoms with Crippen molar-refractivity contribution in [2.45, 2.75) is 57.3 Å². The first-order valence-corrected chi connectivity index (χ1v) is 10.2. The Bertz CT molecular complexity index is 576. The first kappa shape index (κ1) is 19.2. The molecule has 140 valence electrons. The van der Waals surface area contributed by atoms with Gasteiger partial charge in [0, 0.05) is 25.4 Å². The molecule has 1 aliphatic carbocycles. The Labute approximate surface area is 160 Å². The van der Waals surface area contributed by atoms with E-state index in [2.05, 4.69) is 33.2 Å². The van der Waals surface area contributed by atoms with E-state index in [0.29, 0.717) is 12.1 Å². The summed E-state index contributed by atoms with van der Waals surface area (Å²) < 4.78 is 7.07. The average molecular weight is 411 g/mol.